The van der Waals surface area contributed by atoms with Gasteiger partial charge in [0.25, 0.3) is 0 Å². The number of carbonyl (C=O) groups is 3. The molecule has 5 atom stereocenters. The third-order valence-electron chi connectivity index (χ3n) is 9.16. The van der Waals surface area contributed by atoms with Crippen molar-refractivity contribution < 1.29 is 29.0 Å². The molecule has 4 fully saturated rings. The van der Waals surface area contributed by atoms with E-state index in [4.69, 9.17) is 9.47 Å². The van der Waals surface area contributed by atoms with E-state index in [9.17, 15) is 19.5 Å². The van der Waals surface area contributed by atoms with Gasteiger partial charge in [0.05, 0.1) is 30.7 Å². The summed E-state index contributed by atoms with van der Waals surface area (Å²) in [4.78, 5) is 45.5. The summed E-state index contributed by atoms with van der Waals surface area (Å²) < 4.78 is 12.2. The first-order chi connectivity index (χ1) is 19.0. The molecule has 4 aliphatic rings. The monoisotopic (exact) mass is 542 g/mol. The van der Waals surface area contributed by atoms with Crippen LogP contribution in [0.5, 0.6) is 0 Å². The smallest absolute Gasteiger partial charge is 0.245 e. The van der Waals surface area contributed by atoms with Crippen LogP contribution in [0.15, 0.2) is 30.3 Å². The van der Waals surface area contributed by atoms with Crippen LogP contribution in [-0.2, 0) is 30.4 Å². The number of nitrogens with one attached hydrogen (secondary N) is 2. The number of nitrogens with zero attached hydrogens (tertiary/aromatic N) is 2. The minimum absolute atomic E-state index is 0.0208. The lowest BCUT2D eigenvalue weighted by Crippen LogP contribution is -2.56. The Balaban J connectivity index is 1.36. The van der Waals surface area contributed by atoms with Gasteiger partial charge < -0.3 is 30.1 Å². The number of benzene rings is 1. The van der Waals surface area contributed by atoms with Crippen molar-refractivity contribution in [2.24, 2.45) is 11.8 Å². The van der Waals surface area contributed by atoms with Gasteiger partial charge in [-0.1, -0.05) is 37.3 Å². The van der Waals surface area contributed by atoms with Crippen LogP contribution in [-0.4, -0.2) is 102 Å². The summed E-state index contributed by atoms with van der Waals surface area (Å²) in [7, 11) is 0. The number of rotatable bonds is 12. The molecule has 3 amide bonds. The first kappa shape index (κ1) is 28.0. The third-order valence-corrected chi connectivity index (χ3v) is 9.16. The van der Waals surface area contributed by atoms with Gasteiger partial charge in [0.15, 0.2) is 0 Å². The average Bonchev–Trinajstić information content (AvgIpc) is 3.56. The number of aliphatic hydroxyl groups is 1. The molecule has 214 valence electrons. The predicted octanol–water partition coefficient (Wildman–Crippen LogP) is 0.679. The fraction of sp³-hybridized carbons (Fsp3) is 0.690. The lowest BCUT2D eigenvalue weighted by Gasteiger charge is -2.34. The molecule has 4 heterocycles. The topological polar surface area (TPSA) is 120 Å². The van der Waals surface area contributed by atoms with Crippen LogP contribution < -0.4 is 10.6 Å². The number of ether oxygens (including phenoxy) is 2. The number of morpholine rings is 1. The Hall–Kier alpha value is -2.53. The Bertz CT molecular complexity index is 1030. The molecule has 2 unspecified atom stereocenters. The Morgan fingerprint density at radius 3 is 2.54 bits per heavy atom. The maximum atomic E-state index is 14.1. The van der Waals surface area contributed by atoms with E-state index in [0.29, 0.717) is 71.5 Å². The van der Waals surface area contributed by atoms with Gasteiger partial charge in [0.2, 0.25) is 17.7 Å². The molecule has 0 aromatic heterocycles. The van der Waals surface area contributed by atoms with E-state index in [0.717, 1.165) is 18.7 Å². The lowest BCUT2D eigenvalue weighted by molar-refractivity contribution is -0.147. The van der Waals surface area contributed by atoms with Gasteiger partial charge in [0, 0.05) is 45.9 Å². The van der Waals surface area contributed by atoms with E-state index >= 15 is 0 Å². The predicted molar refractivity (Wildman–Crippen MR) is 143 cm³/mol. The molecule has 2 bridgehead atoms. The number of carbonyl (C=O) groups excluding carboxylic acids is 3. The Labute approximate surface area is 230 Å². The Morgan fingerprint density at radius 1 is 1.05 bits per heavy atom. The normalized spacial score (nSPS) is 31.9. The van der Waals surface area contributed by atoms with Crippen molar-refractivity contribution in [2.45, 2.75) is 62.8 Å². The number of hydrogen-bond acceptors (Lipinski definition) is 7. The van der Waals surface area contributed by atoms with E-state index in [2.05, 4.69) is 15.5 Å². The van der Waals surface area contributed by atoms with Crippen molar-refractivity contribution in [3.05, 3.63) is 35.9 Å². The maximum absolute atomic E-state index is 14.1. The lowest BCUT2D eigenvalue weighted by atomic mass is 9.65. The van der Waals surface area contributed by atoms with Gasteiger partial charge in [0.1, 0.15) is 11.6 Å². The minimum Gasteiger partial charge on any atom is -0.396 e. The summed E-state index contributed by atoms with van der Waals surface area (Å²) in [6.45, 7) is 6.96. The van der Waals surface area contributed by atoms with E-state index in [1.165, 1.54) is 0 Å². The zero-order valence-corrected chi connectivity index (χ0v) is 22.9. The largest absolute Gasteiger partial charge is 0.396 e. The van der Waals surface area contributed by atoms with Crippen molar-refractivity contribution in [3.8, 4) is 0 Å². The van der Waals surface area contributed by atoms with Crippen LogP contribution in [0.2, 0.25) is 0 Å². The molecule has 4 aliphatic heterocycles. The van der Waals surface area contributed by atoms with Gasteiger partial charge in [-0.3, -0.25) is 19.3 Å². The van der Waals surface area contributed by atoms with Gasteiger partial charge in [-0.2, -0.15) is 0 Å². The van der Waals surface area contributed by atoms with E-state index in [-0.39, 0.29) is 24.3 Å². The summed E-state index contributed by atoms with van der Waals surface area (Å²) in [5.41, 5.74) is -0.801. The Kier molecular flexibility index (Phi) is 8.56. The summed E-state index contributed by atoms with van der Waals surface area (Å²) in [6, 6.07) is 8.90. The molecular weight excluding hydrogens is 500 g/mol. The summed E-state index contributed by atoms with van der Waals surface area (Å²) in [5.74, 6) is -1.95. The molecule has 10 heteroatoms. The van der Waals surface area contributed by atoms with Gasteiger partial charge in [-0.15, -0.1) is 0 Å². The number of hydrogen-bond donors (Lipinski definition) is 3. The van der Waals surface area contributed by atoms with Crippen LogP contribution in [0, 0.1) is 11.8 Å². The number of amides is 3. The molecular formula is C29H42N4O6. The van der Waals surface area contributed by atoms with Crippen LogP contribution in [0.25, 0.3) is 0 Å². The number of aliphatic hydroxyl groups excluding tert-OH is 1. The first-order valence-corrected chi connectivity index (χ1v) is 14.5. The summed E-state index contributed by atoms with van der Waals surface area (Å²) >= 11 is 0. The average molecular weight is 543 g/mol. The zero-order valence-electron chi connectivity index (χ0n) is 22.9. The van der Waals surface area contributed by atoms with Crippen molar-refractivity contribution >= 4 is 17.7 Å². The highest BCUT2D eigenvalue weighted by Crippen LogP contribution is 2.64. The molecule has 39 heavy (non-hydrogen) atoms. The second-order valence-electron chi connectivity index (χ2n) is 11.2. The second-order valence-corrected chi connectivity index (χ2v) is 11.2. The van der Waals surface area contributed by atoms with Gasteiger partial charge in [-0.25, -0.2) is 0 Å². The van der Waals surface area contributed by atoms with Gasteiger partial charge in [-0.05, 0) is 37.7 Å². The van der Waals surface area contributed by atoms with Crippen LogP contribution in [0.1, 0.15) is 44.6 Å². The number of fused-ring (bicyclic) bond motifs is 1. The van der Waals surface area contributed by atoms with Crippen molar-refractivity contribution in [2.75, 3.05) is 52.5 Å². The summed E-state index contributed by atoms with van der Waals surface area (Å²) in [5, 5.41) is 15.5. The first-order valence-electron chi connectivity index (χ1n) is 14.5. The molecule has 5 rings (SSSR count). The fourth-order valence-electron chi connectivity index (χ4n) is 7.20. The second kappa shape index (κ2) is 11.9. The number of likely N-dealkylation sites (tertiary alicyclic amines) is 1. The van der Waals surface area contributed by atoms with E-state index in [1.807, 2.05) is 37.3 Å². The molecule has 0 radical (unpaired) electrons. The minimum atomic E-state index is -1.02. The molecule has 1 aromatic carbocycles. The van der Waals surface area contributed by atoms with Crippen LogP contribution in [0.4, 0.5) is 0 Å². The molecule has 1 spiro atoms. The van der Waals surface area contributed by atoms with E-state index < -0.39 is 29.1 Å². The highest BCUT2D eigenvalue weighted by molar-refractivity contribution is 5.99. The highest BCUT2D eigenvalue weighted by Gasteiger charge is 2.78. The molecule has 0 saturated carbocycles. The fourth-order valence-corrected chi connectivity index (χ4v) is 7.20. The standard InChI is InChI=1S/C29H42N4O6/c1-2-28-10-11-29(39-28)23(22(28)25(35)31-20-21-8-4-3-5-9-21)27(37)33(13-6-7-17-34)24(29)26(36)30-12-14-32-15-18-38-19-16-32/h3-5,8-9,22-24,34H,2,6-7,10-20H2,1H3,(H,30,36)(H,31,35)/t22-,23+,24?,28+,29?/m1/s1. The van der Waals surface area contributed by atoms with Crippen LogP contribution in [0.3, 0.4) is 0 Å². The quantitative estimate of drug-likeness (QED) is 0.332. The molecule has 10 nitrogen and oxygen atoms in total. The van der Waals surface area contributed by atoms with Crippen molar-refractivity contribution in [3.63, 3.8) is 0 Å². The van der Waals surface area contributed by atoms with Crippen LogP contribution >= 0.6 is 0 Å². The molecule has 1 aromatic rings. The molecule has 4 saturated heterocycles. The summed E-state index contributed by atoms with van der Waals surface area (Å²) in [6.07, 6.45) is 2.91. The molecule has 3 N–H and O–H groups in total. The highest BCUT2D eigenvalue weighted by atomic mass is 16.5. The van der Waals surface area contributed by atoms with Crippen molar-refractivity contribution in [1.29, 1.82) is 0 Å². The van der Waals surface area contributed by atoms with E-state index in [1.54, 1.807) is 4.90 Å². The van der Waals surface area contributed by atoms with Gasteiger partial charge >= 0.3 is 0 Å². The third kappa shape index (κ3) is 5.19. The SMILES string of the molecule is CC[C@@]12CCC3(O1)C(C(=O)NCCN1CCOCC1)N(CCCCO)C(=O)[C@@H]3[C@@H]2C(=O)NCc1ccccc1. The number of unbranched alkanes of at least 4 members (excludes halogenated alkanes) is 1. The molecule has 0 aliphatic carbocycles. The maximum Gasteiger partial charge on any atom is 0.245 e. The van der Waals surface area contributed by atoms with Crippen molar-refractivity contribution in [1.82, 2.24) is 20.4 Å². The zero-order chi connectivity index (χ0) is 27.5. The Morgan fingerprint density at radius 2 is 1.82 bits per heavy atom.